The number of thiophene rings is 1. The van der Waals surface area contributed by atoms with Gasteiger partial charge in [0.2, 0.25) is 5.91 Å². The number of esters is 1. The van der Waals surface area contributed by atoms with Crippen molar-refractivity contribution in [2.24, 2.45) is 0 Å². The van der Waals surface area contributed by atoms with E-state index in [1.807, 2.05) is 38.3 Å². The molecule has 0 aromatic carbocycles. The number of carbonyl (C=O) groups excluding carboxylic acids is 2. The molecule has 0 saturated heterocycles. The first-order chi connectivity index (χ1) is 8.28. The van der Waals surface area contributed by atoms with Crippen molar-refractivity contribution >= 4 is 23.2 Å². The molecule has 1 heterocycles. The monoisotopic (exact) mass is 269 g/mol. The lowest BCUT2D eigenvalue weighted by molar-refractivity contribution is -0.155. The Labute approximate surface area is 111 Å². The molecule has 4 nitrogen and oxygen atoms in total. The molecule has 100 valence electrons. The van der Waals surface area contributed by atoms with Crippen LogP contribution >= 0.6 is 11.3 Å². The molecular weight excluding hydrogens is 250 g/mol. The van der Waals surface area contributed by atoms with E-state index in [0.29, 0.717) is 0 Å². The molecule has 0 fully saturated rings. The first-order valence-electron chi connectivity index (χ1n) is 5.80. The van der Waals surface area contributed by atoms with Gasteiger partial charge in [-0.25, -0.2) is 0 Å². The molecule has 1 atom stereocenters. The van der Waals surface area contributed by atoms with Crippen molar-refractivity contribution in [1.82, 2.24) is 5.32 Å². The zero-order valence-electron chi connectivity index (χ0n) is 11.1. The van der Waals surface area contributed by atoms with Crippen molar-refractivity contribution in [3.63, 3.8) is 0 Å². The fraction of sp³-hybridized carbons (Fsp3) is 0.538. The van der Waals surface area contributed by atoms with Crippen LogP contribution in [0.25, 0.3) is 0 Å². The highest BCUT2D eigenvalue weighted by Crippen LogP contribution is 2.23. The molecule has 0 aliphatic rings. The maximum absolute atomic E-state index is 11.8. The van der Waals surface area contributed by atoms with Crippen LogP contribution in [0.2, 0.25) is 0 Å². The Morgan fingerprint density at radius 3 is 2.56 bits per heavy atom. The molecule has 0 bridgehead atoms. The average Bonchev–Trinajstić information content (AvgIpc) is 2.64. The van der Waals surface area contributed by atoms with Gasteiger partial charge in [-0.3, -0.25) is 9.59 Å². The molecule has 0 aliphatic carbocycles. The second kappa shape index (κ2) is 6.00. The third-order valence-corrected chi connectivity index (χ3v) is 3.04. The summed E-state index contributed by atoms with van der Waals surface area (Å²) in [4.78, 5) is 23.9. The van der Waals surface area contributed by atoms with E-state index in [4.69, 9.17) is 4.74 Å². The van der Waals surface area contributed by atoms with E-state index in [1.165, 1.54) is 18.3 Å². The van der Waals surface area contributed by atoms with Crippen molar-refractivity contribution in [1.29, 1.82) is 0 Å². The lowest BCUT2D eigenvalue weighted by atomic mass is 10.1. The summed E-state index contributed by atoms with van der Waals surface area (Å²) < 4.78 is 5.26. The number of rotatable bonds is 4. The Kier molecular flexibility index (Phi) is 4.90. The van der Waals surface area contributed by atoms with Crippen LogP contribution in [0.4, 0.5) is 0 Å². The molecule has 1 unspecified atom stereocenters. The molecule has 0 aliphatic heterocycles. The van der Waals surface area contributed by atoms with Gasteiger partial charge in [-0.15, -0.1) is 11.3 Å². The Morgan fingerprint density at radius 2 is 2.11 bits per heavy atom. The maximum atomic E-state index is 11.8. The van der Waals surface area contributed by atoms with Crippen LogP contribution in [0.1, 0.15) is 45.0 Å². The molecule has 1 aromatic heterocycles. The minimum absolute atomic E-state index is 0.150. The van der Waals surface area contributed by atoms with Crippen molar-refractivity contribution in [2.75, 3.05) is 0 Å². The molecule has 1 aromatic rings. The smallest absolute Gasteiger partial charge is 0.308 e. The molecule has 1 amide bonds. The van der Waals surface area contributed by atoms with Gasteiger partial charge in [0.05, 0.1) is 12.5 Å². The molecular formula is C13H19NO3S. The molecule has 1 rings (SSSR count). The number of amides is 1. The summed E-state index contributed by atoms with van der Waals surface area (Å²) in [5.74, 6) is -0.466. The van der Waals surface area contributed by atoms with Gasteiger partial charge < -0.3 is 10.1 Å². The molecule has 1 N–H and O–H groups in total. The van der Waals surface area contributed by atoms with E-state index in [1.54, 1.807) is 0 Å². The average molecular weight is 269 g/mol. The van der Waals surface area contributed by atoms with Crippen LogP contribution in [0.5, 0.6) is 0 Å². The van der Waals surface area contributed by atoms with Gasteiger partial charge in [-0.1, -0.05) is 6.07 Å². The van der Waals surface area contributed by atoms with Crippen LogP contribution in [-0.2, 0) is 14.3 Å². The predicted molar refractivity (Wildman–Crippen MR) is 71.3 cm³/mol. The van der Waals surface area contributed by atoms with Gasteiger partial charge in [0.25, 0.3) is 0 Å². The molecule has 5 heteroatoms. The first-order valence-corrected chi connectivity index (χ1v) is 6.68. The van der Waals surface area contributed by atoms with Crippen LogP contribution in [-0.4, -0.2) is 17.5 Å². The second-order valence-electron chi connectivity index (χ2n) is 5.06. The van der Waals surface area contributed by atoms with E-state index >= 15 is 0 Å². The number of ether oxygens (including phenoxy) is 1. The Hall–Kier alpha value is -1.36. The van der Waals surface area contributed by atoms with Crippen molar-refractivity contribution in [2.45, 2.75) is 45.8 Å². The quantitative estimate of drug-likeness (QED) is 0.855. The number of hydrogen-bond acceptors (Lipinski definition) is 4. The number of hydrogen-bond donors (Lipinski definition) is 1. The minimum Gasteiger partial charge on any atom is -0.460 e. The Bertz CT molecular complexity index is 406. The summed E-state index contributed by atoms with van der Waals surface area (Å²) in [6, 6.07) is 3.48. The predicted octanol–water partition coefficient (Wildman–Crippen LogP) is 2.66. The molecule has 0 radical (unpaired) electrons. The Balaban J connectivity index is 2.68. The normalized spacial score (nSPS) is 12.9. The SMILES string of the molecule is CC(=O)NC(CC(=O)OC(C)(C)C)c1cccs1. The van der Waals surface area contributed by atoms with E-state index in [9.17, 15) is 9.59 Å². The van der Waals surface area contributed by atoms with E-state index < -0.39 is 5.60 Å². The van der Waals surface area contributed by atoms with Gasteiger partial charge >= 0.3 is 5.97 Å². The van der Waals surface area contributed by atoms with Crippen molar-refractivity contribution in [3.8, 4) is 0 Å². The van der Waals surface area contributed by atoms with Gasteiger partial charge in [-0.05, 0) is 32.2 Å². The lowest BCUT2D eigenvalue weighted by Crippen LogP contribution is -2.30. The fourth-order valence-electron chi connectivity index (χ4n) is 1.51. The van der Waals surface area contributed by atoms with Crippen molar-refractivity contribution < 1.29 is 14.3 Å². The molecule has 0 saturated carbocycles. The van der Waals surface area contributed by atoms with Gasteiger partial charge in [0.15, 0.2) is 0 Å². The van der Waals surface area contributed by atoms with Gasteiger partial charge in [-0.2, -0.15) is 0 Å². The van der Waals surface area contributed by atoms with Gasteiger partial charge in [0.1, 0.15) is 5.60 Å². The highest BCUT2D eigenvalue weighted by Gasteiger charge is 2.22. The highest BCUT2D eigenvalue weighted by atomic mass is 32.1. The summed E-state index contributed by atoms with van der Waals surface area (Å²) in [6.45, 7) is 6.91. The van der Waals surface area contributed by atoms with Crippen molar-refractivity contribution in [3.05, 3.63) is 22.4 Å². The number of nitrogens with one attached hydrogen (secondary N) is 1. The standard InChI is InChI=1S/C13H19NO3S/c1-9(15)14-10(11-6-5-7-18-11)8-12(16)17-13(2,3)4/h5-7,10H,8H2,1-4H3,(H,14,15). The summed E-state index contributed by atoms with van der Waals surface area (Å²) >= 11 is 1.51. The topological polar surface area (TPSA) is 55.4 Å². The maximum Gasteiger partial charge on any atom is 0.308 e. The Morgan fingerprint density at radius 1 is 1.44 bits per heavy atom. The summed E-state index contributed by atoms with van der Waals surface area (Å²) in [7, 11) is 0. The third-order valence-electron chi connectivity index (χ3n) is 2.05. The zero-order valence-corrected chi connectivity index (χ0v) is 12.0. The third kappa shape index (κ3) is 5.31. The van der Waals surface area contributed by atoms with E-state index in [2.05, 4.69) is 5.32 Å². The van der Waals surface area contributed by atoms with Gasteiger partial charge in [0, 0.05) is 11.8 Å². The minimum atomic E-state index is -0.507. The lowest BCUT2D eigenvalue weighted by Gasteiger charge is -2.22. The van der Waals surface area contributed by atoms with E-state index in [-0.39, 0.29) is 24.3 Å². The summed E-state index contributed by atoms with van der Waals surface area (Å²) in [5.41, 5.74) is -0.507. The zero-order chi connectivity index (χ0) is 13.8. The second-order valence-corrected chi connectivity index (χ2v) is 6.04. The largest absolute Gasteiger partial charge is 0.460 e. The van der Waals surface area contributed by atoms with Crippen LogP contribution in [0, 0.1) is 0 Å². The summed E-state index contributed by atoms with van der Waals surface area (Å²) in [6.07, 6.45) is 0.150. The number of carbonyl (C=O) groups is 2. The first kappa shape index (κ1) is 14.7. The van der Waals surface area contributed by atoms with Crippen LogP contribution < -0.4 is 5.32 Å². The highest BCUT2D eigenvalue weighted by molar-refractivity contribution is 7.10. The van der Waals surface area contributed by atoms with E-state index in [0.717, 1.165) is 4.88 Å². The van der Waals surface area contributed by atoms with Crippen LogP contribution in [0.15, 0.2) is 17.5 Å². The molecule has 0 spiro atoms. The summed E-state index contributed by atoms with van der Waals surface area (Å²) in [5, 5.41) is 4.69. The van der Waals surface area contributed by atoms with Crippen LogP contribution in [0.3, 0.4) is 0 Å². The fourth-order valence-corrected chi connectivity index (χ4v) is 2.29. The molecule has 18 heavy (non-hydrogen) atoms.